The molecule has 2 saturated heterocycles. The van der Waals surface area contributed by atoms with Crippen molar-refractivity contribution in [2.75, 3.05) is 7.11 Å². The molecule has 1 aromatic carbocycles. The van der Waals surface area contributed by atoms with Crippen molar-refractivity contribution >= 4 is 6.29 Å². The van der Waals surface area contributed by atoms with E-state index < -0.39 is 0 Å². The summed E-state index contributed by atoms with van der Waals surface area (Å²) >= 11 is 0. The van der Waals surface area contributed by atoms with Crippen LogP contribution in [0.15, 0.2) is 43.0 Å². The highest BCUT2D eigenvalue weighted by Crippen LogP contribution is 2.30. The van der Waals surface area contributed by atoms with Crippen molar-refractivity contribution in [3.05, 3.63) is 48.6 Å². The van der Waals surface area contributed by atoms with Crippen LogP contribution in [0.4, 0.5) is 0 Å². The number of methoxy groups -OCH3 is 1. The van der Waals surface area contributed by atoms with Crippen LogP contribution in [-0.2, 0) is 30.3 Å². The quantitative estimate of drug-likeness (QED) is 0.344. The number of carbonyl (C=O) groups excluding carboxylic acids is 1. The Labute approximate surface area is 187 Å². The maximum Gasteiger partial charge on any atom is 0.122 e. The lowest BCUT2D eigenvalue weighted by molar-refractivity contribution is -0.135. The molecule has 2 aliphatic heterocycles. The summed E-state index contributed by atoms with van der Waals surface area (Å²) in [6.45, 7) is 4.51. The molecule has 31 heavy (non-hydrogen) atoms. The van der Waals surface area contributed by atoms with Gasteiger partial charge in [-0.1, -0.05) is 36.4 Å². The van der Waals surface area contributed by atoms with Gasteiger partial charge in [0.1, 0.15) is 6.29 Å². The first-order valence-corrected chi connectivity index (χ1v) is 11.7. The number of hydrogen-bond donors (Lipinski definition) is 0. The molecule has 2 fully saturated rings. The molecule has 172 valence electrons. The van der Waals surface area contributed by atoms with Crippen LogP contribution in [0, 0.1) is 0 Å². The summed E-state index contributed by atoms with van der Waals surface area (Å²) in [5.41, 5.74) is 1.19. The van der Waals surface area contributed by atoms with Gasteiger partial charge in [0, 0.05) is 20.0 Å². The molecule has 0 spiro atoms. The number of aldehydes is 1. The predicted octanol–water partition coefficient (Wildman–Crippen LogP) is 5.02. The third-order valence-electron chi connectivity index (χ3n) is 6.38. The molecule has 0 bridgehead atoms. The van der Waals surface area contributed by atoms with E-state index in [1.165, 1.54) is 5.56 Å². The van der Waals surface area contributed by atoms with Gasteiger partial charge in [-0.05, 0) is 50.5 Å². The van der Waals surface area contributed by atoms with Crippen LogP contribution in [-0.4, -0.2) is 50.0 Å². The summed E-state index contributed by atoms with van der Waals surface area (Å²) in [6, 6.07) is 10.3. The Morgan fingerprint density at radius 3 is 2.48 bits per heavy atom. The SMILES string of the molecule is C=CC[C@@H]1CC(OCc2ccccc2)CC(C[C@@H](CC2CCCC(CC=O)O2)OC)O1. The Hall–Kier alpha value is -1.53. The largest absolute Gasteiger partial charge is 0.381 e. The van der Waals surface area contributed by atoms with Crippen LogP contribution in [0.2, 0.25) is 0 Å². The van der Waals surface area contributed by atoms with Crippen LogP contribution in [0.25, 0.3) is 0 Å². The molecule has 0 amide bonds. The second-order valence-electron chi connectivity index (χ2n) is 8.84. The number of rotatable bonds is 12. The lowest BCUT2D eigenvalue weighted by atomic mass is 9.92. The number of hydrogen-bond acceptors (Lipinski definition) is 5. The Kier molecular flexibility index (Phi) is 10.2. The van der Waals surface area contributed by atoms with E-state index in [1.807, 2.05) is 24.3 Å². The standard InChI is InChI=1S/C26H38O5/c1-3-8-22-16-25(29-19-20-9-5-4-6-10-20)18-26(31-22)17-24(28-2)15-23-12-7-11-21(30-23)13-14-27/h3-6,9-10,14,21-26H,1,7-8,11-13,15-19H2,2H3/t21?,22-,23?,24-,25?,26?/m1/s1. The van der Waals surface area contributed by atoms with Crippen LogP contribution >= 0.6 is 0 Å². The summed E-state index contributed by atoms with van der Waals surface area (Å²) in [4.78, 5) is 10.8. The third-order valence-corrected chi connectivity index (χ3v) is 6.38. The van der Waals surface area contributed by atoms with E-state index >= 15 is 0 Å². The first kappa shape index (κ1) is 24.1. The first-order valence-electron chi connectivity index (χ1n) is 11.7. The van der Waals surface area contributed by atoms with Crippen molar-refractivity contribution < 1.29 is 23.7 Å². The van der Waals surface area contributed by atoms with E-state index in [1.54, 1.807) is 7.11 Å². The lowest BCUT2D eigenvalue weighted by Crippen LogP contribution is -2.40. The van der Waals surface area contributed by atoms with E-state index in [0.717, 1.165) is 57.7 Å². The molecule has 5 heteroatoms. The zero-order chi connectivity index (χ0) is 21.9. The number of ether oxygens (including phenoxy) is 4. The van der Waals surface area contributed by atoms with Crippen molar-refractivity contribution in [3.63, 3.8) is 0 Å². The van der Waals surface area contributed by atoms with E-state index in [9.17, 15) is 4.79 Å². The van der Waals surface area contributed by atoms with E-state index in [-0.39, 0.29) is 36.6 Å². The molecule has 2 aliphatic rings. The molecule has 2 heterocycles. The maximum atomic E-state index is 10.8. The molecule has 0 saturated carbocycles. The molecule has 4 unspecified atom stereocenters. The normalized spacial score (nSPS) is 29.9. The molecular formula is C26H38O5. The molecule has 5 nitrogen and oxygen atoms in total. The lowest BCUT2D eigenvalue weighted by Gasteiger charge is -2.37. The van der Waals surface area contributed by atoms with Crippen LogP contribution in [0.3, 0.4) is 0 Å². The highest BCUT2D eigenvalue weighted by atomic mass is 16.5. The van der Waals surface area contributed by atoms with Gasteiger partial charge in [0.25, 0.3) is 0 Å². The van der Waals surface area contributed by atoms with Crippen molar-refractivity contribution in [2.45, 2.75) is 101 Å². The van der Waals surface area contributed by atoms with Gasteiger partial charge in [0.2, 0.25) is 0 Å². The summed E-state index contributed by atoms with van der Waals surface area (Å²) in [5.74, 6) is 0. The predicted molar refractivity (Wildman–Crippen MR) is 121 cm³/mol. The monoisotopic (exact) mass is 430 g/mol. The smallest absolute Gasteiger partial charge is 0.122 e. The fourth-order valence-corrected chi connectivity index (χ4v) is 4.79. The Balaban J connectivity index is 1.52. The molecule has 1 aromatic rings. The van der Waals surface area contributed by atoms with Gasteiger partial charge >= 0.3 is 0 Å². The highest BCUT2D eigenvalue weighted by Gasteiger charge is 2.33. The van der Waals surface area contributed by atoms with Crippen molar-refractivity contribution in [1.82, 2.24) is 0 Å². The molecule has 0 aliphatic carbocycles. The fourth-order valence-electron chi connectivity index (χ4n) is 4.79. The molecule has 0 aromatic heterocycles. The second kappa shape index (κ2) is 13.1. The fraction of sp³-hybridized carbons (Fsp3) is 0.654. The number of carbonyl (C=O) groups is 1. The van der Waals surface area contributed by atoms with Gasteiger partial charge in [-0.25, -0.2) is 0 Å². The van der Waals surface area contributed by atoms with Crippen LogP contribution in [0.5, 0.6) is 0 Å². The van der Waals surface area contributed by atoms with Gasteiger partial charge < -0.3 is 23.7 Å². The molecule has 6 atom stereocenters. The summed E-state index contributed by atoms with van der Waals surface area (Å²) in [6.07, 6.45) is 11.5. The second-order valence-corrected chi connectivity index (χ2v) is 8.84. The van der Waals surface area contributed by atoms with E-state index in [2.05, 4.69) is 18.7 Å². The van der Waals surface area contributed by atoms with Gasteiger partial charge in [-0.3, -0.25) is 0 Å². The van der Waals surface area contributed by atoms with Gasteiger partial charge in [-0.2, -0.15) is 0 Å². The molecule has 0 N–H and O–H groups in total. The maximum absolute atomic E-state index is 10.8. The minimum Gasteiger partial charge on any atom is -0.381 e. The van der Waals surface area contributed by atoms with Crippen LogP contribution in [0.1, 0.15) is 63.4 Å². The van der Waals surface area contributed by atoms with Crippen LogP contribution < -0.4 is 0 Å². The average molecular weight is 431 g/mol. The molecule has 3 rings (SSSR count). The van der Waals surface area contributed by atoms with Crippen molar-refractivity contribution in [1.29, 1.82) is 0 Å². The Morgan fingerprint density at radius 1 is 1.03 bits per heavy atom. The van der Waals surface area contributed by atoms with Gasteiger partial charge in [0.05, 0.1) is 43.2 Å². The first-order chi connectivity index (χ1) is 15.2. The van der Waals surface area contributed by atoms with Crippen molar-refractivity contribution in [2.24, 2.45) is 0 Å². The molecule has 0 radical (unpaired) electrons. The number of benzene rings is 1. The van der Waals surface area contributed by atoms with E-state index in [4.69, 9.17) is 18.9 Å². The minimum atomic E-state index is 0.0624. The Bertz CT molecular complexity index is 648. The summed E-state index contributed by atoms with van der Waals surface area (Å²) in [7, 11) is 1.77. The zero-order valence-corrected chi connectivity index (χ0v) is 18.8. The summed E-state index contributed by atoms with van der Waals surface area (Å²) < 4.78 is 24.6. The van der Waals surface area contributed by atoms with E-state index in [0.29, 0.717) is 13.0 Å². The molecular weight excluding hydrogens is 392 g/mol. The van der Waals surface area contributed by atoms with Crippen molar-refractivity contribution in [3.8, 4) is 0 Å². The summed E-state index contributed by atoms with van der Waals surface area (Å²) in [5, 5.41) is 0. The average Bonchev–Trinajstić information content (AvgIpc) is 2.78. The van der Waals surface area contributed by atoms with Gasteiger partial charge in [-0.15, -0.1) is 6.58 Å². The minimum absolute atomic E-state index is 0.0624. The highest BCUT2D eigenvalue weighted by molar-refractivity contribution is 5.50. The van der Waals surface area contributed by atoms with Gasteiger partial charge in [0.15, 0.2) is 0 Å². The Morgan fingerprint density at radius 2 is 1.74 bits per heavy atom. The topological polar surface area (TPSA) is 54.0 Å². The zero-order valence-electron chi connectivity index (χ0n) is 18.8. The third kappa shape index (κ3) is 8.15.